The molecule has 0 aliphatic carbocycles. The van der Waals surface area contributed by atoms with Crippen LogP contribution < -0.4 is 5.32 Å². The van der Waals surface area contributed by atoms with E-state index >= 15 is 0 Å². The van der Waals surface area contributed by atoms with Crippen LogP contribution in [0.15, 0.2) is 30.3 Å². The van der Waals surface area contributed by atoms with Crippen LogP contribution in [-0.2, 0) is 9.59 Å². The van der Waals surface area contributed by atoms with Crippen molar-refractivity contribution in [3.63, 3.8) is 0 Å². The third-order valence-corrected chi connectivity index (χ3v) is 2.23. The minimum atomic E-state index is -2.54. The molecule has 82 valence electrons. The van der Waals surface area contributed by atoms with Crippen LogP contribution in [0.1, 0.15) is 17.6 Å². The van der Waals surface area contributed by atoms with Gasteiger partial charge in [-0.3, -0.25) is 14.9 Å². The maximum atomic E-state index is 12.3. The molecule has 0 atom stereocenters. The number of hydrogen-bond donors (Lipinski definition) is 1. The number of imide groups is 1. The highest BCUT2D eigenvalue weighted by Crippen LogP contribution is 2.23. The van der Waals surface area contributed by atoms with Gasteiger partial charge >= 0.3 is 0 Å². The predicted molar refractivity (Wildman–Crippen MR) is 52.5 cm³/mol. The summed E-state index contributed by atoms with van der Waals surface area (Å²) in [6.45, 7) is 0. The van der Waals surface area contributed by atoms with Gasteiger partial charge in [-0.2, -0.15) is 0 Å². The molecule has 1 N–H and O–H groups in total. The van der Waals surface area contributed by atoms with Crippen LogP contribution >= 0.6 is 0 Å². The third-order valence-electron chi connectivity index (χ3n) is 2.23. The molecule has 0 aromatic heterocycles. The number of halogens is 2. The average Bonchev–Trinajstić information content (AvgIpc) is 2.58. The maximum absolute atomic E-state index is 12.3. The molecule has 5 heteroatoms. The number of amides is 2. The molecule has 1 heterocycles. The third kappa shape index (κ3) is 1.84. The molecule has 1 aromatic carbocycles. The van der Waals surface area contributed by atoms with E-state index in [1.807, 2.05) is 0 Å². The Kier molecular flexibility index (Phi) is 2.52. The molecule has 16 heavy (non-hydrogen) atoms. The zero-order valence-electron chi connectivity index (χ0n) is 8.04. The van der Waals surface area contributed by atoms with Crippen LogP contribution in [0.5, 0.6) is 0 Å². The van der Waals surface area contributed by atoms with Gasteiger partial charge in [0.2, 0.25) is 0 Å². The minimum Gasteiger partial charge on any atom is -0.289 e. The fourth-order valence-electron chi connectivity index (χ4n) is 1.43. The van der Waals surface area contributed by atoms with E-state index in [1.165, 1.54) is 24.3 Å². The number of rotatable bonds is 2. The van der Waals surface area contributed by atoms with Gasteiger partial charge in [0.25, 0.3) is 18.2 Å². The Balaban J connectivity index is 2.32. The summed E-state index contributed by atoms with van der Waals surface area (Å²) in [7, 11) is 0. The summed E-state index contributed by atoms with van der Waals surface area (Å²) < 4.78 is 24.5. The van der Waals surface area contributed by atoms with Crippen LogP contribution in [0.4, 0.5) is 8.78 Å². The lowest BCUT2D eigenvalue weighted by molar-refractivity contribution is -0.123. The summed E-state index contributed by atoms with van der Waals surface area (Å²) in [5, 5.41) is 2.08. The van der Waals surface area contributed by atoms with Gasteiger partial charge in [0.05, 0.1) is 5.57 Å². The molecule has 0 fully saturated rings. The Morgan fingerprint density at radius 1 is 1.06 bits per heavy atom. The summed E-state index contributed by atoms with van der Waals surface area (Å²) in [6.07, 6.45) is -1.39. The van der Waals surface area contributed by atoms with Gasteiger partial charge in [-0.05, 0) is 5.56 Å². The van der Waals surface area contributed by atoms with Crippen LogP contribution in [-0.4, -0.2) is 11.8 Å². The standard InChI is InChI=1S/C11H7F2NO2/c12-10(13)7-3-1-6(2-4-7)8-5-9(15)14-11(8)16/h1-5,10H,(H,14,15,16). The molecule has 0 spiro atoms. The highest BCUT2D eigenvalue weighted by atomic mass is 19.3. The van der Waals surface area contributed by atoms with Crippen molar-refractivity contribution in [3.05, 3.63) is 41.5 Å². The predicted octanol–water partition coefficient (Wildman–Crippen LogP) is 1.66. The molecule has 2 amide bonds. The average molecular weight is 223 g/mol. The first-order valence-electron chi connectivity index (χ1n) is 4.53. The second-order valence-electron chi connectivity index (χ2n) is 3.30. The van der Waals surface area contributed by atoms with E-state index < -0.39 is 18.2 Å². The topological polar surface area (TPSA) is 46.2 Å². The molecule has 0 saturated carbocycles. The van der Waals surface area contributed by atoms with Crippen molar-refractivity contribution in [2.24, 2.45) is 0 Å². The van der Waals surface area contributed by atoms with E-state index in [1.54, 1.807) is 0 Å². The van der Waals surface area contributed by atoms with Gasteiger partial charge in [0.15, 0.2) is 0 Å². The van der Waals surface area contributed by atoms with E-state index in [4.69, 9.17) is 0 Å². The van der Waals surface area contributed by atoms with Crippen molar-refractivity contribution in [3.8, 4) is 0 Å². The normalized spacial score (nSPS) is 15.3. The molecule has 1 aliphatic heterocycles. The number of alkyl halides is 2. The van der Waals surface area contributed by atoms with E-state index in [-0.39, 0.29) is 11.1 Å². The second kappa shape index (κ2) is 3.84. The largest absolute Gasteiger partial charge is 0.289 e. The monoisotopic (exact) mass is 223 g/mol. The fraction of sp³-hybridized carbons (Fsp3) is 0.0909. The first-order valence-corrected chi connectivity index (χ1v) is 4.53. The summed E-state index contributed by atoms with van der Waals surface area (Å²) in [4.78, 5) is 22.1. The Bertz CT molecular complexity index is 477. The Labute approximate surface area is 89.8 Å². The first kappa shape index (κ1) is 10.5. The minimum absolute atomic E-state index is 0.117. The summed E-state index contributed by atoms with van der Waals surface area (Å²) in [5.74, 6) is -0.993. The van der Waals surface area contributed by atoms with Gasteiger partial charge in [-0.25, -0.2) is 8.78 Å². The lowest BCUT2D eigenvalue weighted by Gasteiger charge is -2.02. The van der Waals surface area contributed by atoms with Crippen molar-refractivity contribution in [1.82, 2.24) is 5.32 Å². The van der Waals surface area contributed by atoms with Gasteiger partial charge < -0.3 is 0 Å². The van der Waals surface area contributed by atoms with Crippen molar-refractivity contribution >= 4 is 17.4 Å². The van der Waals surface area contributed by atoms with E-state index in [0.29, 0.717) is 5.56 Å². The highest BCUT2D eigenvalue weighted by molar-refractivity contribution is 6.33. The van der Waals surface area contributed by atoms with E-state index in [0.717, 1.165) is 6.08 Å². The van der Waals surface area contributed by atoms with Crippen molar-refractivity contribution in [2.75, 3.05) is 0 Å². The maximum Gasteiger partial charge on any atom is 0.263 e. The SMILES string of the molecule is O=C1C=C(c2ccc(C(F)F)cc2)C(=O)N1. The number of hydrogen-bond acceptors (Lipinski definition) is 2. The zero-order valence-corrected chi connectivity index (χ0v) is 8.04. The van der Waals surface area contributed by atoms with Crippen LogP contribution in [0.25, 0.3) is 5.57 Å². The zero-order chi connectivity index (χ0) is 11.7. The second-order valence-corrected chi connectivity index (χ2v) is 3.30. The Morgan fingerprint density at radius 3 is 2.12 bits per heavy atom. The van der Waals surface area contributed by atoms with Crippen molar-refractivity contribution in [2.45, 2.75) is 6.43 Å². The number of carbonyl (C=O) groups excluding carboxylic acids is 2. The van der Waals surface area contributed by atoms with Gasteiger partial charge in [0, 0.05) is 11.6 Å². The molecule has 0 radical (unpaired) electrons. The van der Waals surface area contributed by atoms with Crippen LogP contribution in [0.3, 0.4) is 0 Å². The summed E-state index contributed by atoms with van der Waals surface area (Å²) in [5.41, 5.74) is 0.535. The molecular weight excluding hydrogens is 216 g/mol. The van der Waals surface area contributed by atoms with Gasteiger partial charge in [-0.15, -0.1) is 0 Å². The summed E-state index contributed by atoms with van der Waals surface area (Å²) >= 11 is 0. The highest BCUT2D eigenvalue weighted by Gasteiger charge is 2.22. The summed E-state index contributed by atoms with van der Waals surface area (Å²) in [6, 6.07) is 5.25. The molecule has 0 bridgehead atoms. The Hall–Kier alpha value is -2.04. The fourth-order valence-corrected chi connectivity index (χ4v) is 1.43. The molecular formula is C11H7F2NO2. The molecule has 1 aromatic rings. The number of nitrogens with one attached hydrogen (secondary N) is 1. The van der Waals surface area contributed by atoms with Crippen molar-refractivity contribution in [1.29, 1.82) is 0 Å². The first-order chi connectivity index (χ1) is 7.58. The van der Waals surface area contributed by atoms with Crippen molar-refractivity contribution < 1.29 is 18.4 Å². The lowest BCUT2D eigenvalue weighted by Crippen LogP contribution is -2.21. The molecule has 3 nitrogen and oxygen atoms in total. The molecule has 0 saturated heterocycles. The number of carbonyl (C=O) groups is 2. The Morgan fingerprint density at radius 2 is 1.69 bits per heavy atom. The van der Waals surface area contributed by atoms with Crippen LogP contribution in [0.2, 0.25) is 0 Å². The van der Waals surface area contributed by atoms with Gasteiger partial charge in [-0.1, -0.05) is 24.3 Å². The smallest absolute Gasteiger partial charge is 0.263 e. The number of benzene rings is 1. The van der Waals surface area contributed by atoms with Crippen LogP contribution in [0, 0.1) is 0 Å². The van der Waals surface area contributed by atoms with E-state index in [2.05, 4.69) is 5.32 Å². The lowest BCUT2D eigenvalue weighted by atomic mass is 10.0. The quantitative estimate of drug-likeness (QED) is 0.775. The molecule has 1 aliphatic rings. The van der Waals surface area contributed by atoms with E-state index in [9.17, 15) is 18.4 Å². The van der Waals surface area contributed by atoms with Gasteiger partial charge in [0.1, 0.15) is 0 Å². The molecule has 2 rings (SSSR count). The molecule has 0 unspecified atom stereocenters.